The second-order valence-electron chi connectivity index (χ2n) is 9.48. The minimum atomic E-state index is -0.189. The number of hydrogen-bond donors (Lipinski definition) is 1. The standard InChI is InChI=1S/C23H38N2O/c1-7-14-23(5,6)21-16-20(24-25-21)19-13-9-8-11-18(19)12-10-15-22(3,4)17(2)26/h8-9,16,18-19H,7,10-15H2,1-6H3,(H,24,25). The summed E-state index contributed by atoms with van der Waals surface area (Å²) >= 11 is 0. The van der Waals surface area contributed by atoms with Gasteiger partial charge in [0.15, 0.2) is 0 Å². The fourth-order valence-electron chi connectivity index (χ4n) is 4.18. The number of hydrogen-bond acceptors (Lipinski definition) is 2. The monoisotopic (exact) mass is 358 g/mol. The highest BCUT2D eigenvalue weighted by molar-refractivity contribution is 5.81. The van der Waals surface area contributed by atoms with Crippen LogP contribution in [0, 0.1) is 11.3 Å². The maximum absolute atomic E-state index is 11.8. The molecule has 1 aliphatic rings. The number of aromatic amines is 1. The molecule has 1 aromatic rings. The van der Waals surface area contributed by atoms with E-state index in [9.17, 15) is 4.79 Å². The number of allylic oxidation sites excluding steroid dienone is 2. The van der Waals surface area contributed by atoms with E-state index < -0.39 is 0 Å². The van der Waals surface area contributed by atoms with Crippen LogP contribution in [-0.4, -0.2) is 16.0 Å². The van der Waals surface area contributed by atoms with Gasteiger partial charge >= 0.3 is 0 Å². The van der Waals surface area contributed by atoms with E-state index in [1.165, 1.54) is 24.2 Å². The van der Waals surface area contributed by atoms with Gasteiger partial charge in [-0.1, -0.05) is 59.6 Å². The molecular weight excluding hydrogens is 320 g/mol. The Kier molecular flexibility index (Phi) is 6.87. The van der Waals surface area contributed by atoms with Crippen LogP contribution in [0.15, 0.2) is 18.2 Å². The lowest BCUT2D eigenvalue weighted by Gasteiger charge is -2.29. The second-order valence-corrected chi connectivity index (χ2v) is 9.48. The smallest absolute Gasteiger partial charge is 0.135 e. The Hall–Kier alpha value is -1.38. The molecule has 3 heteroatoms. The van der Waals surface area contributed by atoms with Crippen LogP contribution in [0.4, 0.5) is 0 Å². The first kappa shape index (κ1) is 20.9. The lowest BCUT2D eigenvalue weighted by molar-refractivity contribution is -0.125. The lowest BCUT2D eigenvalue weighted by Crippen LogP contribution is -2.22. The molecule has 146 valence electrons. The average molecular weight is 359 g/mol. The van der Waals surface area contributed by atoms with Gasteiger partial charge in [-0.15, -0.1) is 0 Å². The summed E-state index contributed by atoms with van der Waals surface area (Å²) in [6.45, 7) is 12.7. The topological polar surface area (TPSA) is 45.8 Å². The Morgan fingerprint density at radius 1 is 1.19 bits per heavy atom. The number of nitrogens with one attached hydrogen (secondary N) is 1. The first-order valence-electron chi connectivity index (χ1n) is 10.4. The van der Waals surface area contributed by atoms with Gasteiger partial charge in [0.1, 0.15) is 5.78 Å². The predicted octanol–water partition coefficient (Wildman–Crippen LogP) is 6.32. The molecule has 1 heterocycles. The summed E-state index contributed by atoms with van der Waals surface area (Å²) in [5, 5.41) is 8.02. The van der Waals surface area contributed by atoms with Gasteiger partial charge in [0.2, 0.25) is 0 Å². The fourth-order valence-corrected chi connectivity index (χ4v) is 4.18. The van der Waals surface area contributed by atoms with Gasteiger partial charge in [0, 0.05) is 22.4 Å². The molecule has 26 heavy (non-hydrogen) atoms. The fraction of sp³-hybridized carbons (Fsp3) is 0.739. The summed E-state index contributed by atoms with van der Waals surface area (Å²) in [4.78, 5) is 11.8. The van der Waals surface area contributed by atoms with Crippen LogP contribution in [0.2, 0.25) is 0 Å². The zero-order chi connectivity index (χ0) is 19.4. The first-order chi connectivity index (χ1) is 12.2. The summed E-state index contributed by atoms with van der Waals surface area (Å²) in [7, 11) is 0. The van der Waals surface area contributed by atoms with E-state index in [4.69, 9.17) is 0 Å². The lowest BCUT2D eigenvalue weighted by atomic mass is 9.75. The third-order valence-electron chi connectivity index (χ3n) is 6.46. The van der Waals surface area contributed by atoms with E-state index in [2.05, 4.69) is 63.0 Å². The highest BCUT2D eigenvalue weighted by atomic mass is 16.1. The normalized spacial score (nSPS) is 21.2. The molecule has 0 fully saturated rings. The van der Waals surface area contributed by atoms with Gasteiger partial charge in [-0.05, 0) is 51.0 Å². The number of carbonyl (C=O) groups is 1. The Morgan fingerprint density at radius 3 is 2.54 bits per heavy atom. The summed E-state index contributed by atoms with van der Waals surface area (Å²) in [5.41, 5.74) is 2.44. The van der Waals surface area contributed by atoms with E-state index in [-0.39, 0.29) is 10.8 Å². The third kappa shape index (κ3) is 5.08. The number of H-pyrrole nitrogens is 1. The molecule has 1 aromatic heterocycles. The van der Waals surface area contributed by atoms with Crippen molar-refractivity contribution < 1.29 is 4.79 Å². The third-order valence-corrected chi connectivity index (χ3v) is 6.46. The average Bonchev–Trinajstić information content (AvgIpc) is 3.06. The van der Waals surface area contributed by atoms with Crippen molar-refractivity contribution in [1.82, 2.24) is 10.2 Å². The van der Waals surface area contributed by atoms with Crippen molar-refractivity contribution in [2.75, 3.05) is 0 Å². The molecule has 0 saturated heterocycles. The van der Waals surface area contributed by atoms with Crippen molar-refractivity contribution in [3.8, 4) is 0 Å². The maximum atomic E-state index is 11.8. The molecule has 0 radical (unpaired) electrons. The maximum Gasteiger partial charge on any atom is 0.135 e. The molecule has 0 aromatic carbocycles. The number of nitrogens with zero attached hydrogens (tertiary/aromatic N) is 1. The van der Waals surface area contributed by atoms with Gasteiger partial charge in [-0.3, -0.25) is 9.89 Å². The minimum absolute atomic E-state index is 0.134. The molecule has 0 spiro atoms. The quantitative estimate of drug-likeness (QED) is 0.525. The van der Waals surface area contributed by atoms with Gasteiger partial charge in [-0.25, -0.2) is 0 Å². The van der Waals surface area contributed by atoms with Crippen LogP contribution < -0.4 is 0 Å². The number of aromatic nitrogens is 2. The molecule has 0 amide bonds. The summed E-state index contributed by atoms with van der Waals surface area (Å²) < 4.78 is 0. The Morgan fingerprint density at radius 2 is 1.88 bits per heavy atom. The molecule has 2 rings (SSSR count). The zero-order valence-corrected chi connectivity index (χ0v) is 17.7. The molecule has 0 bridgehead atoms. The van der Waals surface area contributed by atoms with Crippen LogP contribution in [-0.2, 0) is 10.2 Å². The molecule has 3 nitrogen and oxygen atoms in total. The number of rotatable bonds is 9. The van der Waals surface area contributed by atoms with E-state index >= 15 is 0 Å². The number of Topliss-reactive ketones (excluding diaryl/α,β-unsaturated/α-hetero) is 1. The Bertz CT molecular complexity index is 624. The van der Waals surface area contributed by atoms with Gasteiger partial charge < -0.3 is 0 Å². The van der Waals surface area contributed by atoms with Crippen LogP contribution in [0.3, 0.4) is 0 Å². The number of ketones is 1. The van der Waals surface area contributed by atoms with Crippen molar-refractivity contribution in [2.45, 2.75) is 97.8 Å². The van der Waals surface area contributed by atoms with Crippen molar-refractivity contribution >= 4 is 5.78 Å². The second kappa shape index (κ2) is 8.54. The first-order valence-corrected chi connectivity index (χ1v) is 10.4. The van der Waals surface area contributed by atoms with Crippen molar-refractivity contribution in [3.05, 3.63) is 29.6 Å². The summed E-state index contributed by atoms with van der Waals surface area (Å²) in [6.07, 6.45) is 12.5. The van der Waals surface area contributed by atoms with Crippen molar-refractivity contribution in [2.24, 2.45) is 11.3 Å². The molecule has 2 unspecified atom stereocenters. The van der Waals surface area contributed by atoms with E-state index in [1.54, 1.807) is 6.92 Å². The van der Waals surface area contributed by atoms with Crippen LogP contribution in [0.25, 0.3) is 0 Å². The van der Waals surface area contributed by atoms with Gasteiger partial charge in [0.25, 0.3) is 0 Å². The van der Waals surface area contributed by atoms with Gasteiger partial charge in [0.05, 0.1) is 5.69 Å². The SMILES string of the molecule is CCCC(C)(C)c1cc(C2CC=CCC2CCCC(C)(C)C(C)=O)[nH]n1. The zero-order valence-electron chi connectivity index (χ0n) is 17.7. The van der Waals surface area contributed by atoms with E-state index in [1.807, 2.05) is 0 Å². The highest BCUT2D eigenvalue weighted by Gasteiger charge is 2.30. The minimum Gasteiger partial charge on any atom is -0.299 e. The van der Waals surface area contributed by atoms with Crippen LogP contribution in [0.5, 0.6) is 0 Å². The predicted molar refractivity (Wildman–Crippen MR) is 109 cm³/mol. The Balaban J connectivity index is 2.04. The van der Waals surface area contributed by atoms with Crippen molar-refractivity contribution in [1.29, 1.82) is 0 Å². The molecule has 0 saturated carbocycles. The molecule has 1 N–H and O–H groups in total. The summed E-state index contributed by atoms with van der Waals surface area (Å²) in [5.74, 6) is 1.47. The Labute approximate surface area is 160 Å². The molecular formula is C23H38N2O. The van der Waals surface area contributed by atoms with E-state index in [0.717, 1.165) is 32.1 Å². The summed E-state index contributed by atoms with van der Waals surface area (Å²) in [6, 6.07) is 2.31. The molecule has 2 atom stereocenters. The van der Waals surface area contributed by atoms with Gasteiger partial charge in [-0.2, -0.15) is 5.10 Å². The molecule has 1 aliphatic carbocycles. The van der Waals surface area contributed by atoms with Crippen molar-refractivity contribution in [3.63, 3.8) is 0 Å². The van der Waals surface area contributed by atoms with Crippen LogP contribution in [0.1, 0.15) is 104 Å². The highest BCUT2D eigenvalue weighted by Crippen LogP contribution is 2.39. The molecule has 0 aliphatic heterocycles. The van der Waals surface area contributed by atoms with E-state index in [0.29, 0.717) is 17.6 Å². The van der Waals surface area contributed by atoms with Crippen LogP contribution >= 0.6 is 0 Å². The largest absolute Gasteiger partial charge is 0.299 e. The number of carbonyl (C=O) groups excluding carboxylic acids is 1.